The SMILES string of the molecule is CC.CC.CC.CC.CC.CC.CC.CC(C)CCCCN1CCOCC1.CC(C)CCCc1c[nH]c2ccccc12.CC(C)CCCc1c[nH]c2ccccc12.CC(C)CCCc1ccccc1.CC(C)CCCc1ccccc1.CC(C)SCC(=O)NCC1CCCO1.CC(C)SCC(=O)c1cccs1.CCOC(=O)CSC(C)C. The Balaban J connectivity index is -0.000000295. The van der Waals surface area contributed by atoms with Crippen LogP contribution >= 0.6 is 46.6 Å². The summed E-state index contributed by atoms with van der Waals surface area (Å²) in [4.78, 5) is 43.5. The minimum atomic E-state index is -0.110. The van der Waals surface area contributed by atoms with Crippen molar-refractivity contribution < 1.29 is 28.6 Å². The number of fused-ring (bicyclic) bond motifs is 2. The number of carbonyl (C=O) groups excluding carboxylic acids is 3. The fraction of sp³-hybridized carbons (Fsp3) is 0.660. The van der Waals surface area contributed by atoms with E-state index in [-0.39, 0.29) is 23.8 Å². The number of hydrogen-bond acceptors (Lipinski definition) is 11. The Morgan fingerprint density at radius 2 is 0.846 bits per heavy atom. The summed E-state index contributed by atoms with van der Waals surface area (Å²) in [7, 11) is 0. The summed E-state index contributed by atoms with van der Waals surface area (Å²) in [5, 5.41) is 9.17. The molecule has 7 aromatic rings. The zero-order chi connectivity index (χ0) is 89.8. The van der Waals surface area contributed by atoms with Gasteiger partial charge < -0.3 is 29.5 Å². The highest BCUT2D eigenvalue weighted by atomic mass is 32.2. The van der Waals surface area contributed by atoms with Gasteiger partial charge in [0.15, 0.2) is 5.78 Å². The van der Waals surface area contributed by atoms with Crippen LogP contribution in [0.1, 0.15) is 330 Å². The number of carbonyl (C=O) groups is 3. The molecule has 676 valence electrons. The summed E-state index contributed by atoms with van der Waals surface area (Å²) in [5.74, 6) is 6.09. The van der Waals surface area contributed by atoms with E-state index in [2.05, 4.69) is 253 Å². The first-order valence-electron chi connectivity index (χ1n) is 46.4. The van der Waals surface area contributed by atoms with Crippen molar-refractivity contribution in [2.45, 2.75) is 346 Å². The summed E-state index contributed by atoms with van der Waals surface area (Å²) in [6.45, 7) is 72.6. The van der Waals surface area contributed by atoms with Gasteiger partial charge in [0.25, 0.3) is 0 Å². The fourth-order valence-electron chi connectivity index (χ4n) is 11.0. The highest BCUT2D eigenvalue weighted by molar-refractivity contribution is 8.01. The number of rotatable bonds is 34. The Hall–Kier alpha value is -4.80. The number of hydrogen-bond donors (Lipinski definition) is 3. The number of benzene rings is 4. The van der Waals surface area contributed by atoms with E-state index in [4.69, 9.17) is 14.2 Å². The van der Waals surface area contributed by atoms with Crippen LogP contribution in [-0.2, 0) is 49.5 Å². The molecule has 1 amide bonds. The van der Waals surface area contributed by atoms with Crippen LogP contribution in [0.2, 0.25) is 0 Å². The van der Waals surface area contributed by atoms with Gasteiger partial charge in [-0.25, -0.2) is 0 Å². The number of para-hydroxylation sites is 2. The summed E-state index contributed by atoms with van der Waals surface area (Å²) >= 11 is 6.49. The number of H-pyrrole nitrogens is 2. The van der Waals surface area contributed by atoms with Crippen LogP contribution in [0.4, 0.5) is 0 Å². The molecule has 10 nitrogen and oxygen atoms in total. The molecule has 3 aromatic heterocycles. The molecule has 1 unspecified atom stereocenters. The van der Waals surface area contributed by atoms with Gasteiger partial charge >= 0.3 is 5.97 Å². The molecule has 2 saturated heterocycles. The lowest BCUT2D eigenvalue weighted by atomic mass is 10.0. The number of aromatic amines is 2. The first-order valence-corrected chi connectivity index (χ1v) is 50.4. The lowest BCUT2D eigenvalue weighted by Crippen LogP contribution is -2.36. The maximum Gasteiger partial charge on any atom is 0.315 e. The molecule has 3 N–H and O–H groups in total. The summed E-state index contributed by atoms with van der Waals surface area (Å²) in [6.07, 6.45) is 26.3. The van der Waals surface area contributed by atoms with Crippen LogP contribution in [0, 0.1) is 29.6 Å². The van der Waals surface area contributed by atoms with Gasteiger partial charge in [0, 0.05) is 60.4 Å². The number of nitrogens with one attached hydrogen (secondary N) is 3. The molecule has 2 fully saturated rings. The van der Waals surface area contributed by atoms with E-state index in [0.717, 1.165) is 80.2 Å². The molecule has 9 rings (SSSR count). The summed E-state index contributed by atoms with van der Waals surface area (Å²) in [6, 6.07) is 42.3. The molecule has 2 aliphatic heterocycles. The molecule has 0 bridgehead atoms. The normalized spacial score (nSPS) is 12.1. The Morgan fingerprint density at radius 3 is 1.22 bits per heavy atom. The quantitative estimate of drug-likeness (QED) is 0.0204. The predicted octanol–water partition coefficient (Wildman–Crippen LogP) is 31.1. The van der Waals surface area contributed by atoms with Crippen LogP contribution in [0.5, 0.6) is 0 Å². The van der Waals surface area contributed by atoms with E-state index in [9.17, 15) is 14.4 Å². The van der Waals surface area contributed by atoms with Crippen LogP contribution in [0.15, 0.2) is 139 Å². The van der Waals surface area contributed by atoms with Gasteiger partial charge in [0.05, 0.1) is 48.1 Å². The molecule has 0 spiro atoms. The van der Waals surface area contributed by atoms with Crippen molar-refractivity contribution in [3.8, 4) is 0 Å². The molecule has 0 radical (unpaired) electrons. The second-order valence-electron chi connectivity index (χ2n) is 29.9. The van der Waals surface area contributed by atoms with Crippen molar-refractivity contribution in [2.75, 3.05) is 69.9 Å². The summed E-state index contributed by atoms with van der Waals surface area (Å²) in [5.41, 5.74) is 8.39. The third-order valence-corrected chi connectivity index (χ3v) is 21.0. The lowest BCUT2D eigenvalue weighted by molar-refractivity contribution is -0.139. The van der Waals surface area contributed by atoms with Gasteiger partial charge in [0.1, 0.15) is 0 Å². The second kappa shape index (κ2) is 90.4. The Kier molecular flexibility index (Phi) is 95.1. The fourth-order valence-corrected chi connectivity index (χ4v) is 13.6. The number of ether oxygens (including phenoxy) is 3. The van der Waals surface area contributed by atoms with Gasteiger partial charge in [-0.1, -0.05) is 349 Å². The highest BCUT2D eigenvalue weighted by Crippen LogP contribution is 2.23. The van der Waals surface area contributed by atoms with Crippen LogP contribution in [0.3, 0.4) is 0 Å². The standard InChI is InChI=1S/2C14H19N.2C12H18.C11H23NO.C10H19NO2S.C9H12OS2.C7H14O2S.7C2H6/c2*1-11(2)6-5-7-12-10-15-14-9-4-3-8-13(12)14;2*1-11(2)7-6-10-12-8-4-3-5-9-12;1-11(2)5-3-4-6-12-7-9-13-10-8-12;1-8(2)14-7-10(12)11-6-9-4-3-5-13-9;1-7(2)12-6-8(10)9-4-3-5-11-9;1-4-9-7(8)5-10-6(2)3;7*1-2/h2*3-4,8-11,15H,5-7H2,1-2H3;2*3-5,8-9,11H,6-7,10H2,1-2H3;11H,3-10H2,1-2H3;8-9H,3-7H2,1-2H3,(H,11,12);3-5,7H,6H2,1-2H3;6H,4-5H2,1-3H3;7*1-2H3. The van der Waals surface area contributed by atoms with E-state index in [1.54, 1.807) is 35.3 Å². The average Bonchev–Trinajstić information content (AvgIpc) is 1.70. The monoisotopic (exact) mass is 1700 g/mol. The number of thioether (sulfide) groups is 3. The lowest BCUT2D eigenvalue weighted by Gasteiger charge is -2.26. The Morgan fingerprint density at radius 1 is 0.462 bits per heavy atom. The van der Waals surface area contributed by atoms with E-state index < -0.39 is 0 Å². The van der Waals surface area contributed by atoms with Crippen LogP contribution in [-0.4, -0.2) is 124 Å². The number of esters is 1. The van der Waals surface area contributed by atoms with Crippen molar-refractivity contribution in [1.29, 1.82) is 0 Å². The molecule has 2 aliphatic rings. The first kappa shape index (κ1) is 123. The van der Waals surface area contributed by atoms with E-state index in [1.807, 2.05) is 121 Å². The molecular weight excluding hydrogens is 1520 g/mol. The molecular formula is C103H184N4O6S4. The van der Waals surface area contributed by atoms with Crippen molar-refractivity contribution in [1.82, 2.24) is 20.2 Å². The first-order chi connectivity index (χ1) is 56.4. The van der Waals surface area contributed by atoms with E-state index in [0.29, 0.717) is 46.2 Å². The minimum Gasteiger partial charge on any atom is -0.465 e. The number of aromatic nitrogens is 2. The Bertz CT molecular complexity index is 2980. The van der Waals surface area contributed by atoms with Crippen molar-refractivity contribution in [3.63, 3.8) is 0 Å². The third-order valence-electron chi connectivity index (χ3n) is 16.9. The van der Waals surface area contributed by atoms with Gasteiger partial charge in [0.2, 0.25) is 5.91 Å². The molecule has 1 atom stereocenters. The number of thiophene rings is 1. The number of morpholine rings is 1. The molecule has 14 heteroatoms. The number of unbranched alkanes of at least 4 members (excludes halogenated alkanes) is 1. The molecule has 117 heavy (non-hydrogen) atoms. The number of nitrogens with zero attached hydrogens (tertiary/aromatic N) is 1. The van der Waals surface area contributed by atoms with Crippen LogP contribution < -0.4 is 5.32 Å². The van der Waals surface area contributed by atoms with Gasteiger partial charge in [-0.3, -0.25) is 19.3 Å². The zero-order valence-electron chi connectivity index (χ0n) is 81.3. The topological polar surface area (TPSA) is 126 Å². The highest BCUT2D eigenvalue weighted by Gasteiger charge is 2.17. The maximum atomic E-state index is 11.4. The maximum absolute atomic E-state index is 11.4. The number of ketones is 1. The van der Waals surface area contributed by atoms with E-state index in [1.165, 1.54) is 158 Å². The second-order valence-corrected chi connectivity index (χ2v) is 35.5. The van der Waals surface area contributed by atoms with E-state index >= 15 is 0 Å². The average molecular weight is 1700 g/mol. The molecule has 4 aromatic carbocycles. The zero-order valence-corrected chi connectivity index (χ0v) is 84.6. The Labute approximate surface area is 741 Å². The smallest absolute Gasteiger partial charge is 0.315 e. The van der Waals surface area contributed by atoms with Crippen LogP contribution in [0.25, 0.3) is 21.8 Å². The van der Waals surface area contributed by atoms with Crippen molar-refractivity contribution in [2.24, 2.45) is 29.6 Å². The van der Waals surface area contributed by atoms with Gasteiger partial charge in [-0.15, -0.1) is 34.9 Å². The van der Waals surface area contributed by atoms with Gasteiger partial charge in [-0.05, 0) is 175 Å². The molecule has 0 saturated carbocycles. The predicted molar refractivity (Wildman–Crippen MR) is 536 cm³/mol. The van der Waals surface area contributed by atoms with Gasteiger partial charge in [-0.2, -0.15) is 11.8 Å². The number of Topliss-reactive ketones (excluding diaryl/α,β-unsaturated/α-hetero) is 1. The van der Waals surface area contributed by atoms with Crippen molar-refractivity contribution in [3.05, 3.63) is 166 Å². The largest absolute Gasteiger partial charge is 0.465 e. The third kappa shape index (κ3) is 77.0. The molecule has 5 heterocycles. The minimum absolute atomic E-state index is 0.110. The number of aryl methyl sites for hydroxylation is 4. The summed E-state index contributed by atoms with van der Waals surface area (Å²) < 4.78 is 15.4. The van der Waals surface area contributed by atoms with Crippen molar-refractivity contribution >= 4 is 86.1 Å². The molecule has 0 aliphatic carbocycles. The number of amides is 1.